The van der Waals surface area contributed by atoms with Crippen molar-refractivity contribution >= 4 is 23.6 Å². The number of nitrogens with zero attached hydrogens (tertiary/aromatic N) is 3. The summed E-state index contributed by atoms with van der Waals surface area (Å²) < 4.78 is 7.64. The summed E-state index contributed by atoms with van der Waals surface area (Å²) in [5, 5.41) is 8.10. The Bertz CT molecular complexity index is 542. The fourth-order valence-corrected chi connectivity index (χ4v) is 2.68. The van der Waals surface area contributed by atoms with Gasteiger partial charge in [-0.1, -0.05) is 0 Å². The molecule has 5 nitrogen and oxygen atoms in total. The van der Waals surface area contributed by atoms with Crippen LogP contribution in [0.25, 0.3) is 10.7 Å². The van der Waals surface area contributed by atoms with Crippen LogP contribution < -0.4 is 0 Å². The van der Waals surface area contributed by atoms with Crippen molar-refractivity contribution in [2.75, 3.05) is 13.7 Å². The Morgan fingerprint density at radius 2 is 2.41 bits per heavy atom. The van der Waals surface area contributed by atoms with Gasteiger partial charge in [0.15, 0.2) is 10.6 Å². The fourth-order valence-electron chi connectivity index (χ4n) is 1.52. The average molecular weight is 270 g/mol. The molecule has 0 bridgehead atoms. The summed E-state index contributed by atoms with van der Waals surface area (Å²) in [6.07, 6.45) is 2.67. The van der Waals surface area contributed by atoms with Crippen LogP contribution in [-0.2, 0) is 17.7 Å². The summed E-state index contributed by atoms with van der Waals surface area (Å²) in [4.78, 5) is 5.38. The Morgan fingerprint density at radius 1 is 1.59 bits per heavy atom. The molecule has 0 aliphatic rings. The zero-order chi connectivity index (χ0) is 12.3. The van der Waals surface area contributed by atoms with Crippen LogP contribution in [0.2, 0.25) is 0 Å². The SMILES string of the molecule is CCn1c(-c2cnc(CCOC)s2)n[nH]c1=S. The van der Waals surface area contributed by atoms with Crippen molar-refractivity contribution in [2.24, 2.45) is 0 Å². The number of hydrogen-bond acceptors (Lipinski definition) is 5. The van der Waals surface area contributed by atoms with E-state index in [2.05, 4.69) is 15.2 Å². The third kappa shape index (κ3) is 2.62. The highest BCUT2D eigenvalue weighted by atomic mass is 32.1. The first-order valence-corrected chi connectivity index (χ1v) is 6.58. The molecule has 2 heterocycles. The van der Waals surface area contributed by atoms with Gasteiger partial charge < -0.3 is 4.74 Å². The van der Waals surface area contributed by atoms with Crippen LogP contribution in [0.1, 0.15) is 11.9 Å². The van der Waals surface area contributed by atoms with Crippen LogP contribution in [0.4, 0.5) is 0 Å². The van der Waals surface area contributed by atoms with E-state index in [9.17, 15) is 0 Å². The number of methoxy groups -OCH3 is 1. The topological polar surface area (TPSA) is 55.7 Å². The molecule has 2 aromatic rings. The highest BCUT2D eigenvalue weighted by molar-refractivity contribution is 7.71. The van der Waals surface area contributed by atoms with Crippen molar-refractivity contribution < 1.29 is 4.74 Å². The minimum absolute atomic E-state index is 0.648. The first-order valence-electron chi connectivity index (χ1n) is 5.35. The van der Waals surface area contributed by atoms with Crippen LogP contribution in [0.5, 0.6) is 0 Å². The number of aromatic nitrogens is 4. The van der Waals surface area contributed by atoms with Crippen LogP contribution in [0, 0.1) is 4.77 Å². The van der Waals surface area contributed by atoms with Crippen LogP contribution in [0.15, 0.2) is 6.20 Å². The highest BCUT2D eigenvalue weighted by Crippen LogP contribution is 2.24. The minimum Gasteiger partial charge on any atom is -0.384 e. The number of aromatic amines is 1. The van der Waals surface area contributed by atoms with Crippen molar-refractivity contribution in [1.29, 1.82) is 0 Å². The Balaban J connectivity index is 2.27. The molecule has 0 atom stereocenters. The molecule has 0 amide bonds. The van der Waals surface area contributed by atoms with E-state index in [0.717, 1.165) is 28.7 Å². The molecule has 92 valence electrons. The third-order valence-electron chi connectivity index (χ3n) is 2.37. The van der Waals surface area contributed by atoms with E-state index in [1.807, 2.05) is 17.7 Å². The average Bonchev–Trinajstić information content (AvgIpc) is 2.92. The normalized spacial score (nSPS) is 10.9. The molecule has 0 aliphatic heterocycles. The van der Waals surface area contributed by atoms with E-state index < -0.39 is 0 Å². The minimum atomic E-state index is 0.648. The van der Waals surface area contributed by atoms with Gasteiger partial charge in [0, 0.05) is 26.3 Å². The molecule has 0 unspecified atom stereocenters. The van der Waals surface area contributed by atoms with E-state index in [4.69, 9.17) is 17.0 Å². The van der Waals surface area contributed by atoms with Crippen molar-refractivity contribution in [2.45, 2.75) is 19.9 Å². The van der Waals surface area contributed by atoms with Crippen LogP contribution >= 0.6 is 23.6 Å². The van der Waals surface area contributed by atoms with Gasteiger partial charge >= 0.3 is 0 Å². The fraction of sp³-hybridized carbons (Fsp3) is 0.500. The maximum atomic E-state index is 5.16. The van der Waals surface area contributed by atoms with E-state index in [1.54, 1.807) is 18.4 Å². The van der Waals surface area contributed by atoms with Gasteiger partial charge in [-0.05, 0) is 19.1 Å². The van der Waals surface area contributed by atoms with Crippen LogP contribution in [-0.4, -0.2) is 33.5 Å². The molecule has 0 aliphatic carbocycles. The van der Waals surface area contributed by atoms with Gasteiger partial charge in [0.05, 0.1) is 16.5 Å². The molecular weight excluding hydrogens is 256 g/mol. The lowest BCUT2D eigenvalue weighted by molar-refractivity contribution is 0.202. The highest BCUT2D eigenvalue weighted by Gasteiger charge is 2.11. The van der Waals surface area contributed by atoms with Crippen molar-refractivity contribution in [3.63, 3.8) is 0 Å². The summed E-state index contributed by atoms with van der Waals surface area (Å²) in [5.41, 5.74) is 0. The van der Waals surface area contributed by atoms with Crippen molar-refractivity contribution in [1.82, 2.24) is 19.7 Å². The molecule has 0 spiro atoms. The summed E-state index contributed by atoms with van der Waals surface area (Å²) in [5.74, 6) is 0.860. The number of hydrogen-bond donors (Lipinski definition) is 1. The lowest BCUT2D eigenvalue weighted by Crippen LogP contribution is -1.96. The zero-order valence-corrected chi connectivity index (χ0v) is 11.4. The first kappa shape index (κ1) is 12.4. The molecule has 2 rings (SSSR count). The third-order valence-corrected chi connectivity index (χ3v) is 3.73. The number of ether oxygens (including phenoxy) is 1. The van der Waals surface area contributed by atoms with E-state index in [1.165, 1.54) is 0 Å². The molecule has 1 N–H and O–H groups in total. The predicted molar refractivity (Wildman–Crippen MR) is 69.8 cm³/mol. The molecule has 2 aromatic heterocycles. The van der Waals surface area contributed by atoms with E-state index in [0.29, 0.717) is 11.4 Å². The second kappa shape index (κ2) is 5.52. The Hall–Kier alpha value is -1.05. The molecule has 0 saturated heterocycles. The molecule has 0 aromatic carbocycles. The molecule has 17 heavy (non-hydrogen) atoms. The summed E-state index contributed by atoms with van der Waals surface area (Å²) in [6, 6.07) is 0. The smallest absolute Gasteiger partial charge is 0.195 e. The van der Waals surface area contributed by atoms with Gasteiger partial charge in [-0.25, -0.2) is 4.98 Å². The largest absolute Gasteiger partial charge is 0.384 e. The number of nitrogens with one attached hydrogen (secondary N) is 1. The molecule has 7 heteroatoms. The number of H-pyrrole nitrogens is 1. The second-order valence-electron chi connectivity index (χ2n) is 3.46. The lowest BCUT2D eigenvalue weighted by Gasteiger charge is -1.99. The summed E-state index contributed by atoms with van der Waals surface area (Å²) in [7, 11) is 1.69. The Labute approximate surface area is 108 Å². The van der Waals surface area contributed by atoms with Gasteiger partial charge in [-0.3, -0.25) is 9.67 Å². The van der Waals surface area contributed by atoms with E-state index in [-0.39, 0.29) is 0 Å². The Kier molecular flexibility index (Phi) is 4.03. The monoisotopic (exact) mass is 270 g/mol. The van der Waals surface area contributed by atoms with Gasteiger partial charge in [-0.2, -0.15) is 5.10 Å². The molecular formula is C10H14N4OS2. The zero-order valence-electron chi connectivity index (χ0n) is 9.77. The van der Waals surface area contributed by atoms with Gasteiger partial charge in [0.1, 0.15) is 0 Å². The standard InChI is InChI=1S/C10H14N4OS2/c1-3-14-9(12-13-10(14)16)7-6-11-8(17-7)4-5-15-2/h6H,3-5H2,1-2H3,(H,13,16). The molecule has 0 fully saturated rings. The summed E-state index contributed by atoms with van der Waals surface area (Å²) in [6.45, 7) is 3.53. The van der Waals surface area contributed by atoms with Gasteiger partial charge in [-0.15, -0.1) is 11.3 Å². The van der Waals surface area contributed by atoms with Crippen molar-refractivity contribution in [3.8, 4) is 10.7 Å². The maximum absolute atomic E-state index is 5.16. The quantitative estimate of drug-likeness (QED) is 0.847. The number of rotatable bonds is 5. The van der Waals surface area contributed by atoms with Crippen molar-refractivity contribution in [3.05, 3.63) is 16.0 Å². The number of thiazole rings is 1. The summed E-state index contributed by atoms with van der Waals surface area (Å²) >= 11 is 6.79. The predicted octanol–water partition coefficient (Wildman–Crippen LogP) is 2.27. The molecule has 0 radical (unpaired) electrons. The Morgan fingerprint density at radius 3 is 3.12 bits per heavy atom. The lowest BCUT2D eigenvalue weighted by atomic mass is 10.5. The van der Waals surface area contributed by atoms with Gasteiger partial charge in [0.2, 0.25) is 0 Å². The molecule has 0 saturated carbocycles. The van der Waals surface area contributed by atoms with E-state index >= 15 is 0 Å². The van der Waals surface area contributed by atoms with Crippen LogP contribution in [0.3, 0.4) is 0 Å². The maximum Gasteiger partial charge on any atom is 0.195 e. The van der Waals surface area contributed by atoms with Gasteiger partial charge in [0.25, 0.3) is 0 Å². The first-order chi connectivity index (χ1) is 8.26. The second-order valence-corrected chi connectivity index (χ2v) is 4.96.